The zero-order valence-electron chi connectivity index (χ0n) is 11.8. The van der Waals surface area contributed by atoms with Gasteiger partial charge in [-0.25, -0.2) is 0 Å². The molecular formula is C13H12NNaO5S. The van der Waals surface area contributed by atoms with E-state index in [4.69, 9.17) is 4.55 Å². The van der Waals surface area contributed by atoms with Crippen molar-refractivity contribution in [1.29, 1.82) is 0 Å². The summed E-state index contributed by atoms with van der Waals surface area (Å²) >= 11 is 0. The molecule has 21 heavy (non-hydrogen) atoms. The average Bonchev–Trinajstić information content (AvgIpc) is 2.36. The molecule has 0 aliphatic rings. The van der Waals surface area contributed by atoms with Crippen LogP contribution in [0.15, 0.2) is 35.2 Å². The third-order valence-corrected chi connectivity index (χ3v) is 3.86. The number of amides is 1. The number of anilines is 1. The zero-order valence-corrected chi connectivity index (χ0v) is 14.6. The normalized spacial score (nSPS) is 11.0. The second-order valence-electron chi connectivity index (χ2n) is 4.38. The Labute approximate surface area is 144 Å². The van der Waals surface area contributed by atoms with Crippen LogP contribution < -0.4 is 39.6 Å². The SMILES string of the molecule is CC(=O)N(C)c1ccc2cc(S(=O)(=O)O)cc([O-])c2c1.[Na+]. The minimum absolute atomic E-state index is 0. The molecule has 0 heterocycles. The van der Waals surface area contributed by atoms with Gasteiger partial charge in [-0.3, -0.25) is 9.35 Å². The van der Waals surface area contributed by atoms with Gasteiger partial charge in [0.05, 0.1) is 4.90 Å². The number of rotatable bonds is 2. The molecule has 2 aromatic rings. The molecule has 2 rings (SSSR count). The van der Waals surface area contributed by atoms with Crippen LogP contribution in [-0.2, 0) is 14.9 Å². The standard InChI is InChI=1S/C13H13NO5S.Na/c1-8(15)14(2)10-4-3-9-5-11(20(17,18)19)7-13(16)12(9)6-10;/h3-7,16H,1-2H3,(H,17,18,19);/q;+1/p-1. The van der Waals surface area contributed by atoms with Crippen LogP contribution in [0.1, 0.15) is 6.92 Å². The molecule has 0 fully saturated rings. The maximum atomic E-state index is 11.9. The molecule has 0 saturated carbocycles. The Morgan fingerprint density at radius 3 is 2.38 bits per heavy atom. The topological polar surface area (TPSA) is 97.7 Å². The minimum atomic E-state index is -4.42. The van der Waals surface area contributed by atoms with Crippen molar-refractivity contribution in [1.82, 2.24) is 0 Å². The first-order chi connectivity index (χ1) is 9.20. The van der Waals surface area contributed by atoms with Crippen LogP contribution in [0.5, 0.6) is 5.75 Å². The Bertz CT molecular complexity index is 804. The van der Waals surface area contributed by atoms with E-state index in [-0.39, 0.29) is 40.9 Å². The fourth-order valence-corrected chi connectivity index (χ4v) is 2.36. The number of hydrogen-bond acceptors (Lipinski definition) is 4. The quantitative estimate of drug-likeness (QED) is 0.518. The Morgan fingerprint density at radius 1 is 1.24 bits per heavy atom. The Kier molecular flexibility index (Phi) is 5.40. The molecule has 0 unspecified atom stereocenters. The molecule has 1 amide bonds. The van der Waals surface area contributed by atoms with E-state index in [1.807, 2.05) is 0 Å². The molecule has 0 aliphatic carbocycles. The maximum absolute atomic E-state index is 11.9. The van der Waals surface area contributed by atoms with E-state index in [9.17, 15) is 18.3 Å². The fraction of sp³-hybridized carbons (Fsp3) is 0.154. The maximum Gasteiger partial charge on any atom is 1.00 e. The van der Waals surface area contributed by atoms with Gasteiger partial charge in [0.2, 0.25) is 5.91 Å². The van der Waals surface area contributed by atoms with Gasteiger partial charge in [-0.2, -0.15) is 8.42 Å². The summed E-state index contributed by atoms with van der Waals surface area (Å²) in [7, 11) is -2.85. The van der Waals surface area contributed by atoms with Crippen LogP contribution in [0.25, 0.3) is 10.8 Å². The zero-order chi connectivity index (χ0) is 15.1. The number of carbonyl (C=O) groups excluding carboxylic acids is 1. The van der Waals surface area contributed by atoms with Gasteiger partial charge in [0, 0.05) is 19.7 Å². The molecule has 8 heteroatoms. The summed E-state index contributed by atoms with van der Waals surface area (Å²) in [6.45, 7) is 1.39. The van der Waals surface area contributed by atoms with Crippen LogP contribution in [-0.4, -0.2) is 25.9 Å². The van der Waals surface area contributed by atoms with Crippen molar-refractivity contribution in [3.05, 3.63) is 30.3 Å². The van der Waals surface area contributed by atoms with Crippen LogP contribution in [0, 0.1) is 0 Å². The molecule has 6 nitrogen and oxygen atoms in total. The van der Waals surface area contributed by atoms with Crippen molar-refractivity contribution < 1.29 is 52.4 Å². The minimum Gasteiger partial charge on any atom is -0.872 e. The number of benzene rings is 2. The van der Waals surface area contributed by atoms with Crippen molar-refractivity contribution >= 4 is 32.5 Å². The Hall–Kier alpha value is -1.12. The van der Waals surface area contributed by atoms with Gasteiger partial charge >= 0.3 is 29.6 Å². The van der Waals surface area contributed by atoms with Crippen molar-refractivity contribution in [2.45, 2.75) is 11.8 Å². The van der Waals surface area contributed by atoms with Crippen molar-refractivity contribution in [2.24, 2.45) is 0 Å². The first-order valence-corrected chi connectivity index (χ1v) is 7.11. The van der Waals surface area contributed by atoms with E-state index in [2.05, 4.69) is 0 Å². The summed E-state index contributed by atoms with van der Waals surface area (Å²) in [4.78, 5) is 12.2. The first kappa shape index (κ1) is 17.9. The number of fused-ring (bicyclic) bond motifs is 1. The van der Waals surface area contributed by atoms with E-state index in [1.165, 1.54) is 30.0 Å². The molecule has 0 radical (unpaired) electrons. The van der Waals surface area contributed by atoms with Gasteiger partial charge in [-0.1, -0.05) is 11.8 Å². The fourth-order valence-electron chi connectivity index (χ4n) is 1.82. The largest absolute Gasteiger partial charge is 1.00 e. The van der Waals surface area contributed by atoms with E-state index >= 15 is 0 Å². The smallest absolute Gasteiger partial charge is 0.872 e. The van der Waals surface area contributed by atoms with Gasteiger partial charge in [-0.05, 0) is 35.0 Å². The summed E-state index contributed by atoms with van der Waals surface area (Å²) in [5.41, 5.74) is 0.529. The molecule has 0 atom stereocenters. The predicted molar refractivity (Wildman–Crippen MR) is 72.3 cm³/mol. The van der Waals surface area contributed by atoms with Crippen molar-refractivity contribution in [2.75, 3.05) is 11.9 Å². The summed E-state index contributed by atoms with van der Waals surface area (Å²) < 4.78 is 31.1. The summed E-state index contributed by atoms with van der Waals surface area (Å²) in [5.74, 6) is -0.722. The monoisotopic (exact) mass is 317 g/mol. The van der Waals surface area contributed by atoms with E-state index in [0.717, 1.165) is 6.07 Å². The van der Waals surface area contributed by atoms with Gasteiger partial charge in [-0.15, -0.1) is 0 Å². The van der Waals surface area contributed by atoms with Gasteiger partial charge in [0.15, 0.2) is 0 Å². The molecule has 0 spiro atoms. The Morgan fingerprint density at radius 2 is 1.86 bits per heavy atom. The predicted octanol–water partition coefficient (Wildman–Crippen LogP) is -1.85. The molecule has 2 aromatic carbocycles. The molecular weight excluding hydrogens is 305 g/mol. The third kappa shape index (κ3) is 3.75. The van der Waals surface area contributed by atoms with Crippen LogP contribution in [0.2, 0.25) is 0 Å². The van der Waals surface area contributed by atoms with Crippen molar-refractivity contribution in [3.8, 4) is 5.75 Å². The summed E-state index contributed by atoms with van der Waals surface area (Å²) in [6.07, 6.45) is 0. The first-order valence-electron chi connectivity index (χ1n) is 5.67. The van der Waals surface area contributed by atoms with Crippen LogP contribution in [0.3, 0.4) is 0 Å². The molecule has 1 N–H and O–H groups in total. The molecule has 0 saturated heterocycles. The van der Waals surface area contributed by atoms with Gasteiger partial charge < -0.3 is 10.0 Å². The van der Waals surface area contributed by atoms with E-state index in [1.54, 1.807) is 13.1 Å². The second kappa shape index (κ2) is 6.33. The molecule has 0 aliphatic heterocycles. The number of nitrogens with zero attached hydrogens (tertiary/aromatic N) is 1. The van der Waals surface area contributed by atoms with E-state index in [0.29, 0.717) is 11.1 Å². The molecule has 106 valence electrons. The van der Waals surface area contributed by atoms with Gasteiger partial charge in [0.1, 0.15) is 0 Å². The summed E-state index contributed by atoms with van der Waals surface area (Å²) in [6, 6.07) is 6.70. The van der Waals surface area contributed by atoms with Crippen molar-refractivity contribution in [3.63, 3.8) is 0 Å². The molecule has 0 bridgehead atoms. The summed E-state index contributed by atoms with van der Waals surface area (Å²) in [5, 5.41) is 12.6. The average molecular weight is 317 g/mol. The van der Waals surface area contributed by atoms with Crippen LogP contribution >= 0.6 is 0 Å². The Balaban J connectivity index is 0.00000220. The third-order valence-electron chi connectivity index (χ3n) is 3.03. The number of hydrogen-bond donors (Lipinski definition) is 1. The molecule has 0 aromatic heterocycles. The van der Waals surface area contributed by atoms with Gasteiger partial charge in [0.25, 0.3) is 10.1 Å². The van der Waals surface area contributed by atoms with Crippen LogP contribution in [0.4, 0.5) is 5.69 Å². The second-order valence-corrected chi connectivity index (χ2v) is 5.80. The van der Waals surface area contributed by atoms with E-state index < -0.39 is 20.8 Å². The number of carbonyl (C=O) groups is 1.